The number of halogens is 2. The SMILES string of the molecule is N#CC1(NC(=O)C2(ONc3cc4ccc(-c5ccc(C6(OC(F)F)COC6)cc5)cc4o3)CCCCC2)CC1. The zero-order valence-corrected chi connectivity index (χ0v) is 21.3. The van der Waals surface area contributed by atoms with Gasteiger partial charge >= 0.3 is 6.61 Å². The number of amides is 1. The highest BCUT2D eigenvalue weighted by atomic mass is 19.3. The van der Waals surface area contributed by atoms with E-state index < -0.39 is 23.4 Å². The molecule has 0 unspecified atom stereocenters. The summed E-state index contributed by atoms with van der Waals surface area (Å²) < 4.78 is 41.8. The predicted octanol–water partition coefficient (Wildman–Crippen LogP) is 5.78. The summed E-state index contributed by atoms with van der Waals surface area (Å²) in [5.74, 6) is 0.109. The van der Waals surface area contributed by atoms with Crippen LogP contribution in [0.15, 0.2) is 52.9 Å². The monoisotopic (exact) mass is 537 g/mol. The van der Waals surface area contributed by atoms with Crippen molar-refractivity contribution in [3.05, 3.63) is 54.1 Å². The van der Waals surface area contributed by atoms with Crippen LogP contribution in [0.25, 0.3) is 22.1 Å². The average molecular weight is 538 g/mol. The van der Waals surface area contributed by atoms with Gasteiger partial charge in [0, 0.05) is 11.5 Å². The number of rotatable bonds is 9. The van der Waals surface area contributed by atoms with Crippen LogP contribution < -0.4 is 10.8 Å². The van der Waals surface area contributed by atoms with Gasteiger partial charge in [-0.25, -0.2) is 5.48 Å². The van der Waals surface area contributed by atoms with Crippen LogP contribution in [0.4, 0.5) is 14.7 Å². The van der Waals surface area contributed by atoms with E-state index in [1.54, 1.807) is 18.2 Å². The van der Waals surface area contributed by atoms with Crippen LogP contribution in [0.1, 0.15) is 50.5 Å². The third-order valence-electron chi connectivity index (χ3n) is 7.99. The molecule has 0 radical (unpaired) electrons. The van der Waals surface area contributed by atoms with Crippen LogP contribution in [-0.4, -0.2) is 36.9 Å². The molecule has 2 aliphatic carbocycles. The molecule has 2 saturated carbocycles. The Balaban J connectivity index is 1.17. The van der Waals surface area contributed by atoms with E-state index in [4.69, 9.17) is 18.7 Å². The zero-order chi connectivity index (χ0) is 27.1. The number of furan rings is 1. The number of carbonyl (C=O) groups excluding carboxylic acids is 1. The van der Waals surface area contributed by atoms with Crippen LogP contribution in [0, 0.1) is 11.3 Å². The summed E-state index contributed by atoms with van der Waals surface area (Å²) >= 11 is 0. The van der Waals surface area contributed by atoms with Gasteiger partial charge in [0.1, 0.15) is 16.7 Å². The Morgan fingerprint density at radius 2 is 1.69 bits per heavy atom. The smallest absolute Gasteiger partial charge is 0.346 e. The third kappa shape index (κ3) is 4.98. The minimum Gasteiger partial charge on any atom is -0.439 e. The molecule has 10 heteroatoms. The molecular formula is C29H29F2N3O5. The first-order chi connectivity index (χ1) is 18.8. The van der Waals surface area contributed by atoms with Crippen molar-refractivity contribution in [2.45, 2.75) is 68.3 Å². The van der Waals surface area contributed by atoms with Gasteiger partial charge in [-0.05, 0) is 61.3 Å². The molecule has 1 aromatic heterocycles. The summed E-state index contributed by atoms with van der Waals surface area (Å²) in [4.78, 5) is 19.2. The fraction of sp³-hybridized carbons (Fsp3) is 0.448. The first-order valence-corrected chi connectivity index (χ1v) is 13.2. The maximum absolute atomic E-state index is 13.2. The molecule has 2 heterocycles. The number of hydrogen-bond donors (Lipinski definition) is 2. The minimum absolute atomic E-state index is 0.0923. The Labute approximate surface area is 224 Å². The average Bonchev–Trinajstić information content (AvgIpc) is 3.58. The first kappa shape index (κ1) is 25.7. The number of nitriles is 1. The van der Waals surface area contributed by atoms with Crippen molar-refractivity contribution < 1.29 is 32.3 Å². The summed E-state index contributed by atoms with van der Waals surface area (Å²) in [6.07, 6.45) is 5.19. The summed E-state index contributed by atoms with van der Waals surface area (Å²) in [6.45, 7) is -2.69. The molecule has 0 bridgehead atoms. The quantitative estimate of drug-likeness (QED) is 0.333. The van der Waals surface area contributed by atoms with Gasteiger partial charge in [0.2, 0.25) is 5.88 Å². The standard InChI is InChI=1S/C29H29F2N3O5/c30-26(31)38-29(17-36-18-29)22-8-6-19(7-9-22)20-4-5-21-15-24(37-23(21)14-20)34-39-28(10-2-1-3-11-28)25(35)33-27(16-32)12-13-27/h4-9,14-15,26,34H,1-3,10-13,17-18H2,(H,33,35). The molecule has 3 aromatic rings. The van der Waals surface area contributed by atoms with E-state index in [2.05, 4.69) is 16.9 Å². The Morgan fingerprint density at radius 3 is 2.31 bits per heavy atom. The maximum atomic E-state index is 13.2. The highest BCUT2D eigenvalue weighted by Crippen LogP contribution is 2.39. The first-order valence-electron chi connectivity index (χ1n) is 13.2. The number of benzene rings is 2. The second kappa shape index (κ2) is 9.90. The number of anilines is 1. The van der Waals surface area contributed by atoms with Crippen LogP contribution in [0.5, 0.6) is 0 Å². The molecule has 6 rings (SSSR count). The van der Waals surface area contributed by atoms with Crippen molar-refractivity contribution in [2.75, 3.05) is 18.7 Å². The molecule has 39 heavy (non-hydrogen) atoms. The molecule has 3 aliphatic rings. The molecule has 204 valence electrons. The minimum atomic E-state index is -2.88. The predicted molar refractivity (Wildman–Crippen MR) is 137 cm³/mol. The number of alkyl halides is 2. The highest BCUT2D eigenvalue weighted by molar-refractivity contribution is 5.87. The van der Waals surface area contributed by atoms with E-state index in [0.717, 1.165) is 35.8 Å². The zero-order valence-electron chi connectivity index (χ0n) is 21.3. The summed E-state index contributed by atoms with van der Waals surface area (Å²) in [7, 11) is 0. The summed E-state index contributed by atoms with van der Waals surface area (Å²) in [5.41, 5.74) is 2.97. The van der Waals surface area contributed by atoms with Gasteiger partial charge in [-0.3, -0.25) is 9.63 Å². The highest BCUT2D eigenvalue weighted by Gasteiger charge is 2.50. The van der Waals surface area contributed by atoms with Crippen LogP contribution in [-0.2, 0) is 24.7 Å². The lowest BCUT2D eigenvalue weighted by atomic mass is 9.84. The van der Waals surface area contributed by atoms with Crippen molar-refractivity contribution in [3.8, 4) is 17.2 Å². The Hall–Kier alpha value is -3.52. The van der Waals surface area contributed by atoms with Crippen molar-refractivity contribution >= 4 is 22.8 Å². The molecule has 0 atom stereocenters. The molecule has 3 fully saturated rings. The molecule has 2 N–H and O–H groups in total. The normalized spacial score (nSPS) is 20.7. The molecule has 1 aliphatic heterocycles. The molecule has 0 spiro atoms. The van der Waals surface area contributed by atoms with E-state index in [1.807, 2.05) is 30.3 Å². The Bertz CT molecular complexity index is 1400. The van der Waals surface area contributed by atoms with Gasteiger partial charge in [-0.15, -0.1) is 0 Å². The van der Waals surface area contributed by atoms with Crippen molar-refractivity contribution in [3.63, 3.8) is 0 Å². The van der Waals surface area contributed by atoms with Crippen molar-refractivity contribution in [1.29, 1.82) is 5.26 Å². The molecule has 1 saturated heterocycles. The van der Waals surface area contributed by atoms with E-state index >= 15 is 0 Å². The van der Waals surface area contributed by atoms with Gasteiger partial charge in [-0.2, -0.15) is 14.0 Å². The fourth-order valence-electron chi connectivity index (χ4n) is 5.36. The summed E-state index contributed by atoms with van der Waals surface area (Å²) in [5, 5.41) is 13.1. The summed E-state index contributed by atoms with van der Waals surface area (Å²) in [6, 6.07) is 17.0. The van der Waals surface area contributed by atoms with Gasteiger partial charge < -0.3 is 19.2 Å². The van der Waals surface area contributed by atoms with Gasteiger partial charge in [0.25, 0.3) is 5.91 Å². The lowest BCUT2D eigenvalue weighted by Gasteiger charge is -2.41. The van der Waals surface area contributed by atoms with Crippen LogP contribution in [0.2, 0.25) is 0 Å². The Morgan fingerprint density at radius 1 is 0.974 bits per heavy atom. The fourth-order valence-corrected chi connectivity index (χ4v) is 5.36. The Kier molecular flexibility index (Phi) is 6.53. The van der Waals surface area contributed by atoms with Crippen LogP contribution in [0.3, 0.4) is 0 Å². The van der Waals surface area contributed by atoms with Crippen LogP contribution >= 0.6 is 0 Å². The number of nitrogens with one attached hydrogen (secondary N) is 2. The number of nitrogens with zero attached hydrogens (tertiary/aromatic N) is 1. The molecule has 2 aromatic carbocycles. The molecule has 8 nitrogen and oxygen atoms in total. The third-order valence-corrected chi connectivity index (χ3v) is 7.99. The lowest BCUT2D eigenvalue weighted by molar-refractivity contribution is -0.293. The van der Waals surface area contributed by atoms with Gasteiger partial charge in [0.05, 0.1) is 19.3 Å². The molecular weight excluding hydrogens is 508 g/mol. The van der Waals surface area contributed by atoms with E-state index in [1.165, 1.54) is 0 Å². The number of hydrogen-bond acceptors (Lipinski definition) is 7. The van der Waals surface area contributed by atoms with Crippen molar-refractivity contribution in [2.24, 2.45) is 0 Å². The number of fused-ring (bicyclic) bond motifs is 1. The number of ether oxygens (including phenoxy) is 2. The molecule has 1 amide bonds. The van der Waals surface area contributed by atoms with Crippen molar-refractivity contribution in [1.82, 2.24) is 5.32 Å². The van der Waals surface area contributed by atoms with E-state index in [9.17, 15) is 18.8 Å². The second-order valence-corrected chi connectivity index (χ2v) is 10.7. The van der Waals surface area contributed by atoms with E-state index in [0.29, 0.717) is 42.7 Å². The largest absolute Gasteiger partial charge is 0.439 e. The number of carbonyl (C=O) groups is 1. The maximum Gasteiger partial charge on any atom is 0.346 e. The lowest BCUT2D eigenvalue weighted by Crippen LogP contribution is -2.54. The van der Waals surface area contributed by atoms with E-state index in [-0.39, 0.29) is 19.1 Å². The second-order valence-electron chi connectivity index (χ2n) is 10.7. The van der Waals surface area contributed by atoms with Gasteiger partial charge in [-0.1, -0.05) is 42.8 Å². The topological polar surface area (TPSA) is 106 Å². The van der Waals surface area contributed by atoms with Gasteiger partial charge in [0.15, 0.2) is 5.60 Å².